The molecule has 100 valence electrons. The lowest BCUT2D eigenvalue weighted by Crippen LogP contribution is -2.08. The van der Waals surface area contributed by atoms with Crippen LogP contribution in [-0.2, 0) is 6.54 Å². The zero-order valence-corrected chi connectivity index (χ0v) is 11.3. The topological polar surface area (TPSA) is 53.7 Å². The second-order valence-corrected chi connectivity index (χ2v) is 5.11. The van der Waals surface area contributed by atoms with Gasteiger partial charge in [-0.3, -0.25) is 0 Å². The molecule has 0 unspecified atom stereocenters. The molecule has 1 atom stereocenters. The van der Waals surface area contributed by atoms with E-state index in [9.17, 15) is 4.39 Å². The third-order valence-electron chi connectivity index (χ3n) is 3.22. The highest BCUT2D eigenvalue weighted by Gasteiger charge is 2.11. The van der Waals surface area contributed by atoms with E-state index in [0.717, 1.165) is 10.9 Å². The summed E-state index contributed by atoms with van der Waals surface area (Å²) >= 11 is 0. The number of halogens is 1. The molecule has 19 heavy (non-hydrogen) atoms. The fourth-order valence-electron chi connectivity index (χ4n) is 2.24. The molecule has 0 spiro atoms. The average molecular weight is 260 g/mol. The third-order valence-corrected chi connectivity index (χ3v) is 3.22. The van der Waals surface area contributed by atoms with Gasteiger partial charge in [-0.2, -0.15) is 0 Å². The van der Waals surface area contributed by atoms with Crippen molar-refractivity contribution in [2.24, 2.45) is 5.11 Å². The van der Waals surface area contributed by atoms with Gasteiger partial charge in [0, 0.05) is 28.6 Å². The van der Waals surface area contributed by atoms with Crippen LogP contribution < -0.4 is 0 Å². The first-order chi connectivity index (χ1) is 9.02. The molecule has 0 N–H and O–H groups in total. The van der Waals surface area contributed by atoms with Crippen LogP contribution in [0.1, 0.15) is 32.3 Å². The van der Waals surface area contributed by atoms with E-state index in [1.807, 2.05) is 43.7 Å². The lowest BCUT2D eigenvalue weighted by molar-refractivity contribution is 0.594. The summed E-state index contributed by atoms with van der Waals surface area (Å²) in [5.74, 6) is -0.0225. The van der Waals surface area contributed by atoms with Gasteiger partial charge in [0.15, 0.2) is 0 Å². The van der Waals surface area contributed by atoms with Gasteiger partial charge in [-0.15, -0.1) is 0 Å². The van der Waals surface area contributed by atoms with Crippen LogP contribution in [0, 0.1) is 5.82 Å². The van der Waals surface area contributed by atoms with Gasteiger partial charge in [-0.05, 0) is 35.2 Å². The highest BCUT2D eigenvalue weighted by atomic mass is 19.1. The molecule has 0 fully saturated rings. The standard InChI is InChI=1S/C14H17FN4/c1-9(2)12-7-14-11(6-13(12)15)4-5-19(14)8-10(3)17-18-16/h4-7,9-10H,8H2,1-3H3/t10-/m0/s1. The van der Waals surface area contributed by atoms with E-state index in [2.05, 4.69) is 10.0 Å². The van der Waals surface area contributed by atoms with Crippen molar-refractivity contribution >= 4 is 10.9 Å². The van der Waals surface area contributed by atoms with Crippen molar-refractivity contribution in [1.82, 2.24) is 4.57 Å². The summed E-state index contributed by atoms with van der Waals surface area (Å²) in [6.07, 6.45) is 1.90. The maximum absolute atomic E-state index is 13.9. The Labute approximate surface area is 111 Å². The van der Waals surface area contributed by atoms with E-state index in [1.54, 1.807) is 6.07 Å². The highest BCUT2D eigenvalue weighted by molar-refractivity contribution is 5.81. The van der Waals surface area contributed by atoms with Crippen LogP contribution in [0.25, 0.3) is 21.3 Å². The minimum absolute atomic E-state index is 0.131. The van der Waals surface area contributed by atoms with Gasteiger partial charge in [-0.25, -0.2) is 4.39 Å². The number of hydrogen-bond acceptors (Lipinski definition) is 1. The summed E-state index contributed by atoms with van der Waals surface area (Å²) < 4.78 is 15.9. The zero-order chi connectivity index (χ0) is 14.0. The van der Waals surface area contributed by atoms with Crippen LogP contribution in [0.4, 0.5) is 4.39 Å². The number of aromatic nitrogens is 1. The van der Waals surface area contributed by atoms with Crippen molar-refractivity contribution in [3.8, 4) is 0 Å². The Morgan fingerprint density at radius 3 is 2.74 bits per heavy atom. The molecular formula is C14H17FN4. The van der Waals surface area contributed by atoms with Gasteiger partial charge < -0.3 is 4.57 Å². The first-order valence-electron chi connectivity index (χ1n) is 6.35. The van der Waals surface area contributed by atoms with E-state index >= 15 is 0 Å². The largest absolute Gasteiger partial charge is 0.347 e. The molecule has 0 amide bonds. The molecule has 0 aliphatic rings. The monoisotopic (exact) mass is 260 g/mol. The summed E-state index contributed by atoms with van der Waals surface area (Å²) in [6.45, 7) is 6.40. The van der Waals surface area contributed by atoms with Crippen molar-refractivity contribution in [2.45, 2.75) is 39.3 Å². The molecule has 2 aromatic rings. The first kappa shape index (κ1) is 13.4. The SMILES string of the molecule is CC(C)c1cc2c(ccn2C[C@H](C)N=[N+]=[N-])cc1F. The molecule has 0 aliphatic carbocycles. The number of benzene rings is 1. The molecule has 0 saturated carbocycles. The summed E-state index contributed by atoms with van der Waals surface area (Å²) in [5, 5.41) is 4.54. The van der Waals surface area contributed by atoms with Crippen LogP contribution in [0.5, 0.6) is 0 Å². The van der Waals surface area contributed by atoms with Crippen LogP contribution >= 0.6 is 0 Å². The minimum Gasteiger partial charge on any atom is -0.347 e. The van der Waals surface area contributed by atoms with Crippen molar-refractivity contribution in [3.63, 3.8) is 0 Å². The van der Waals surface area contributed by atoms with Crippen molar-refractivity contribution in [1.29, 1.82) is 0 Å². The molecule has 0 radical (unpaired) electrons. The minimum atomic E-state index is -0.164. The maximum atomic E-state index is 13.9. The maximum Gasteiger partial charge on any atom is 0.127 e. The second kappa shape index (κ2) is 5.33. The van der Waals surface area contributed by atoms with Crippen LogP contribution in [-0.4, -0.2) is 10.6 Å². The zero-order valence-electron chi connectivity index (χ0n) is 11.3. The van der Waals surface area contributed by atoms with Gasteiger partial charge in [0.2, 0.25) is 0 Å². The summed E-state index contributed by atoms with van der Waals surface area (Å²) in [7, 11) is 0. The molecule has 2 rings (SSSR count). The highest BCUT2D eigenvalue weighted by Crippen LogP contribution is 2.25. The predicted molar refractivity (Wildman–Crippen MR) is 74.6 cm³/mol. The Morgan fingerprint density at radius 1 is 1.37 bits per heavy atom. The van der Waals surface area contributed by atoms with Gasteiger partial charge in [0.05, 0.1) is 6.04 Å². The van der Waals surface area contributed by atoms with Gasteiger partial charge in [0.1, 0.15) is 5.82 Å². The number of fused-ring (bicyclic) bond motifs is 1. The number of azide groups is 1. The molecule has 1 aromatic carbocycles. The van der Waals surface area contributed by atoms with Crippen LogP contribution in [0.15, 0.2) is 29.5 Å². The molecule has 0 aliphatic heterocycles. The lowest BCUT2D eigenvalue weighted by Gasteiger charge is -2.11. The quantitative estimate of drug-likeness (QED) is 0.438. The summed E-state index contributed by atoms with van der Waals surface area (Å²) in [6, 6.07) is 5.20. The first-order valence-corrected chi connectivity index (χ1v) is 6.35. The molecule has 0 saturated heterocycles. The normalized spacial score (nSPS) is 12.7. The van der Waals surface area contributed by atoms with Gasteiger partial charge in [0.25, 0.3) is 0 Å². The van der Waals surface area contributed by atoms with Crippen molar-refractivity contribution in [3.05, 3.63) is 46.2 Å². The fraction of sp³-hybridized carbons (Fsp3) is 0.429. The Bertz CT molecular complexity index is 638. The molecule has 4 nitrogen and oxygen atoms in total. The Kier molecular flexibility index (Phi) is 3.76. The Balaban J connectivity index is 2.46. The van der Waals surface area contributed by atoms with Crippen molar-refractivity contribution < 1.29 is 4.39 Å². The van der Waals surface area contributed by atoms with E-state index in [4.69, 9.17) is 5.53 Å². The van der Waals surface area contributed by atoms with E-state index < -0.39 is 0 Å². The van der Waals surface area contributed by atoms with E-state index in [0.29, 0.717) is 12.1 Å². The molecule has 1 aromatic heterocycles. The molecule has 0 bridgehead atoms. The second-order valence-electron chi connectivity index (χ2n) is 5.11. The van der Waals surface area contributed by atoms with Gasteiger partial charge >= 0.3 is 0 Å². The van der Waals surface area contributed by atoms with Crippen LogP contribution in [0.3, 0.4) is 0 Å². The third kappa shape index (κ3) is 2.71. The lowest BCUT2D eigenvalue weighted by atomic mass is 10.0. The van der Waals surface area contributed by atoms with E-state index in [-0.39, 0.29) is 17.8 Å². The number of hydrogen-bond donors (Lipinski definition) is 0. The number of nitrogens with zero attached hydrogens (tertiary/aromatic N) is 4. The summed E-state index contributed by atoms with van der Waals surface area (Å²) in [4.78, 5) is 2.81. The predicted octanol–water partition coefficient (Wildman–Crippen LogP) is 4.60. The van der Waals surface area contributed by atoms with Crippen molar-refractivity contribution in [2.75, 3.05) is 0 Å². The van der Waals surface area contributed by atoms with Crippen LogP contribution in [0.2, 0.25) is 0 Å². The number of rotatable bonds is 4. The molecule has 5 heteroatoms. The smallest absolute Gasteiger partial charge is 0.127 e. The van der Waals surface area contributed by atoms with E-state index in [1.165, 1.54) is 0 Å². The molecular weight excluding hydrogens is 243 g/mol. The molecule has 1 heterocycles. The Hall–Kier alpha value is -2.00. The fourth-order valence-corrected chi connectivity index (χ4v) is 2.24. The summed E-state index contributed by atoms with van der Waals surface area (Å²) in [5.41, 5.74) is 10.1. The van der Waals surface area contributed by atoms with Gasteiger partial charge in [-0.1, -0.05) is 25.9 Å². The Morgan fingerprint density at radius 2 is 2.11 bits per heavy atom. The average Bonchev–Trinajstić information content (AvgIpc) is 2.70.